The average molecular weight is 396 g/mol. The second-order valence-electron chi connectivity index (χ2n) is 4.64. The smallest absolute Gasteiger partial charge is 0.251 e. The predicted molar refractivity (Wildman–Crippen MR) is 81.5 cm³/mol. The first-order valence-corrected chi connectivity index (χ1v) is 8.01. The van der Waals surface area contributed by atoms with Crippen LogP contribution in [0.15, 0.2) is 22.7 Å². The molecule has 0 aromatic heterocycles. The molecule has 1 N–H and O–H groups in total. The first-order valence-electron chi connectivity index (χ1n) is 5.93. The largest absolute Gasteiger partial charge is 0.352 e. The maximum absolute atomic E-state index is 12.0. The Bertz CT molecular complexity index is 432. The molecule has 18 heavy (non-hydrogen) atoms. The van der Waals surface area contributed by atoms with Crippen LogP contribution < -0.4 is 5.32 Å². The molecule has 0 radical (unpaired) electrons. The average Bonchev–Trinajstić information content (AvgIpc) is 2.70. The third-order valence-corrected chi connectivity index (χ3v) is 4.66. The number of benzene rings is 1. The van der Waals surface area contributed by atoms with Gasteiger partial charge < -0.3 is 5.32 Å². The Morgan fingerprint density at radius 1 is 1.39 bits per heavy atom. The zero-order valence-corrected chi connectivity index (χ0v) is 13.7. The Hall–Kier alpha value is -0.0600. The van der Waals surface area contributed by atoms with E-state index in [9.17, 15) is 4.79 Å². The van der Waals surface area contributed by atoms with Crippen molar-refractivity contribution in [3.8, 4) is 0 Å². The molecule has 1 aromatic carbocycles. The van der Waals surface area contributed by atoms with Crippen molar-refractivity contribution in [3.63, 3.8) is 0 Å². The van der Waals surface area contributed by atoms with Crippen LogP contribution in [-0.2, 0) is 0 Å². The van der Waals surface area contributed by atoms with Gasteiger partial charge in [0.25, 0.3) is 5.91 Å². The van der Waals surface area contributed by atoms with Gasteiger partial charge in [-0.05, 0) is 43.4 Å². The Kier molecular flexibility index (Phi) is 5.10. The van der Waals surface area contributed by atoms with Crippen LogP contribution in [0.3, 0.4) is 0 Å². The van der Waals surface area contributed by atoms with E-state index in [1.54, 1.807) is 18.2 Å². The van der Waals surface area contributed by atoms with E-state index in [2.05, 4.69) is 37.2 Å². The Morgan fingerprint density at radius 2 is 2.17 bits per heavy atom. The predicted octanol–water partition coefficient (Wildman–Crippen LogP) is 4.40. The van der Waals surface area contributed by atoms with Crippen molar-refractivity contribution >= 4 is 49.4 Å². The third-order valence-electron chi connectivity index (χ3n) is 3.15. The molecule has 0 bridgehead atoms. The number of halogens is 3. The van der Waals surface area contributed by atoms with Gasteiger partial charge in [0.05, 0.1) is 0 Å². The second kappa shape index (κ2) is 6.40. The van der Waals surface area contributed by atoms with Crippen LogP contribution in [0.4, 0.5) is 0 Å². The van der Waals surface area contributed by atoms with Gasteiger partial charge in [-0.15, -0.1) is 0 Å². The van der Waals surface area contributed by atoms with E-state index in [4.69, 9.17) is 11.6 Å². The summed E-state index contributed by atoms with van der Waals surface area (Å²) in [5.74, 6) is 0.525. The van der Waals surface area contributed by atoms with Gasteiger partial charge in [-0.3, -0.25) is 4.79 Å². The summed E-state index contributed by atoms with van der Waals surface area (Å²) in [6.45, 7) is 0.741. The number of nitrogens with one attached hydrogen (secondary N) is 1. The van der Waals surface area contributed by atoms with Crippen LogP contribution in [-0.4, -0.2) is 17.3 Å². The molecule has 2 atom stereocenters. The van der Waals surface area contributed by atoms with E-state index in [-0.39, 0.29) is 5.91 Å². The quantitative estimate of drug-likeness (QED) is 0.756. The van der Waals surface area contributed by atoms with Crippen LogP contribution in [0.5, 0.6) is 0 Å². The fourth-order valence-corrected chi connectivity index (χ4v) is 3.88. The summed E-state index contributed by atoms with van der Waals surface area (Å²) in [6.07, 6.45) is 3.51. The van der Waals surface area contributed by atoms with Crippen LogP contribution in [0.25, 0.3) is 0 Å². The minimum absolute atomic E-state index is 0.0591. The van der Waals surface area contributed by atoms with Crippen LogP contribution >= 0.6 is 43.5 Å². The van der Waals surface area contributed by atoms with Crippen LogP contribution in [0, 0.1) is 5.92 Å². The van der Waals surface area contributed by atoms with E-state index in [0.717, 1.165) is 17.4 Å². The summed E-state index contributed by atoms with van der Waals surface area (Å²) in [5.41, 5.74) is 0.600. The summed E-state index contributed by atoms with van der Waals surface area (Å²) >= 11 is 12.9. The molecule has 98 valence electrons. The van der Waals surface area contributed by atoms with Gasteiger partial charge in [-0.25, -0.2) is 0 Å². The van der Waals surface area contributed by atoms with Gasteiger partial charge in [-0.2, -0.15) is 0 Å². The van der Waals surface area contributed by atoms with Crippen molar-refractivity contribution in [3.05, 3.63) is 33.3 Å². The Labute approximate surface area is 129 Å². The summed E-state index contributed by atoms with van der Waals surface area (Å²) < 4.78 is 0.821. The van der Waals surface area contributed by atoms with Gasteiger partial charge in [0, 0.05) is 26.4 Å². The van der Waals surface area contributed by atoms with Gasteiger partial charge in [0.1, 0.15) is 0 Å². The lowest BCUT2D eigenvalue weighted by Crippen LogP contribution is -2.28. The van der Waals surface area contributed by atoms with Crippen molar-refractivity contribution in [1.82, 2.24) is 5.32 Å². The van der Waals surface area contributed by atoms with Gasteiger partial charge >= 0.3 is 0 Å². The SMILES string of the molecule is O=C(NCC1CCC(Br)C1)c1cc(Cl)cc(Br)c1. The van der Waals surface area contributed by atoms with E-state index in [1.807, 2.05) is 0 Å². The van der Waals surface area contributed by atoms with Crippen LogP contribution in [0.2, 0.25) is 5.02 Å². The van der Waals surface area contributed by atoms with Crippen LogP contribution in [0.1, 0.15) is 29.6 Å². The monoisotopic (exact) mass is 393 g/mol. The van der Waals surface area contributed by atoms with E-state index < -0.39 is 0 Å². The van der Waals surface area contributed by atoms with E-state index >= 15 is 0 Å². The number of alkyl halides is 1. The highest BCUT2D eigenvalue weighted by Crippen LogP contribution is 2.30. The molecular formula is C13H14Br2ClNO. The van der Waals surface area contributed by atoms with E-state index in [0.29, 0.717) is 21.3 Å². The standard InChI is InChI=1S/C13H14Br2ClNO/c14-10-2-1-8(3-10)7-17-13(18)9-4-11(15)6-12(16)5-9/h4-6,8,10H,1-3,7H2,(H,17,18). The lowest BCUT2D eigenvalue weighted by molar-refractivity contribution is 0.0947. The number of rotatable bonds is 3. The third kappa shape index (κ3) is 3.97. The molecule has 1 aromatic rings. The maximum Gasteiger partial charge on any atom is 0.251 e. The maximum atomic E-state index is 12.0. The normalized spacial score (nSPS) is 23.1. The number of hydrogen-bond donors (Lipinski definition) is 1. The van der Waals surface area contributed by atoms with Gasteiger partial charge in [0.2, 0.25) is 0 Å². The number of amides is 1. The number of carbonyl (C=O) groups excluding carboxylic acids is 1. The molecule has 5 heteroatoms. The van der Waals surface area contributed by atoms with Crippen molar-refractivity contribution < 1.29 is 4.79 Å². The van der Waals surface area contributed by atoms with Crippen molar-refractivity contribution in [1.29, 1.82) is 0 Å². The van der Waals surface area contributed by atoms with E-state index in [1.165, 1.54) is 12.8 Å². The number of carbonyl (C=O) groups is 1. The van der Waals surface area contributed by atoms with Gasteiger partial charge in [0.15, 0.2) is 0 Å². The zero-order valence-electron chi connectivity index (χ0n) is 9.76. The molecule has 1 saturated carbocycles. The molecule has 1 aliphatic carbocycles. The molecule has 2 rings (SSSR count). The highest BCUT2D eigenvalue weighted by atomic mass is 79.9. The first kappa shape index (κ1) is 14.4. The number of hydrogen-bond acceptors (Lipinski definition) is 1. The van der Waals surface area contributed by atoms with Crippen molar-refractivity contribution in [2.75, 3.05) is 6.54 Å². The first-order chi connectivity index (χ1) is 8.54. The lowest BCUT2D eigenvalue weighted by Gasteiger charge is -2.11. The topological polar surface area (TPSA) is 29.1 Å². The molecule has 1 amide bonds. The zero-order chi connectivity index (χ0) is 13.1. The molecule has 1 fully saturated rings. The molecule has 0 heterocycles. The lowest BCUT2D eigenvalue weighted by atomic mass is 10.1. The highest BCUT2D eigenvalue weighted by molar-refractivity contribution is 9.10. The van der Waals surface area contributed by atoms with Gasteiger partial charge in [-0.1, -0.05) is 43.5 Å². The molecule has 2 unspecified atom stereocenters. The Balaban J connectivity index is 1.91. The second-order valence-corrected chi connectivity index (χ2v) is 7.29. The Morgan fingerprint density at radius 3 is 2.78 bits per heavy atom. The summed E-state index contributed by atoms with van der Waals surface area (Å²) in [4.78, 5) is 12.6. The summed E-state index contributed by atoms with van der Waals surface area (Å²) in [5, 5.41) is 3.54. The van der Waals surface area contributed by atoms with Crippen molar-refractivity contribution in [2.45, 2.75) is 24.1 Å². The summed E-state index contributed by atoms with van der Waals surface area (Å²) in [6, 6.07) is 5.23. The molecule has 0 saturated heterocycles. The molecule has 0 aliphatic heterocycles. The highest BCUT2D eigenvalue weighted by Gasteiger charge is 2.22. The van der Waals surface area contributed by atoms with Crippen molar-refractivity contribution in [2.24, 2.45) is 5.92 Å². The fourth-order valence-electron chi connectivity index (χ4n) is 2.22. The summed E-state index contributed by atoms with van der Waals surface area (Å²) in [7, 11) is 0. The molecule has 0 spiro atoms. The fraction of sp³-hybridized carbons (Fsp3) is 0.462. The molecular weight excluding hydrogens is 381 g/mol. The minimum atomic E-state index is -0.0591. The molecule has 2 nitrogen and oxygen atoms in total. The minimum Gasteiger partial charge on any atom is -0.352 e. The molecule has 1 aliphatic rings.